The van der Waals surface area contributed by atoms with Crippen molar-refractivity contribution in [2.75, 3.05) is 73.5 Å². The quantitative estimate of drug-likeness (QED) is 0.0207. The van der Waals surface area contributed by atoms with Gasteiger partial charge in [0.1, 0.15) is 60.4 Å². The summed E-state index contributed by atoms with van der Waals surface area (Å²) in [6.45, 7) is 4.21. The molecule has 614 valence electrons. The Labute approximate surface area is 659 Å². The Kier molecular flexibility index (Phi) is 36.6. The molecule has 113 heavy (non-hydrogen) atoms. The van der Waals surface area contributed by atoms with E-state index in [9.17, 15) is 72.5 Å². The second kappa shape index (κ2) is 45.5. The van der Waals surface area contributed by atoms with Gasteiger partial charge in [0, 0.05) is 68.6 Å². The number of urea groups is 1. The van der Waals surface area contributed by atoms with Crippen LogP contribution in [0.2, 0.25) is 0 Å². The number of carbonyl (C=O) groups is 13. The van der Waals surface area contributed by atoms with Crippen LogP contribution in [-0.4, -0.2) is 258 Å². The molecule has 37 nitrogen and oxygen atoms in total. The molecule has 0 radical (unpaired) electrons. The summed E-state index contributed by atoms with van der Waals surface area (Å²) >= 11 is 1.32. The molecule has 3 aromatic carbocycles. The van der Waals surface area contributed by atoms with Gasteiger partial charge in [-0.15, -0.1) is 0 Å². The maximum Gasteiger partial charge on any atom is 0.345 e. The fourth-order valence-corrected chi connectivity index (χ4v) is 12.9. The van der Waals surface area contributed by atoms with Crippen molar-refractivity contribution < 1.29 is 72.5 Å². The molecule has 38 heteroatoms. The summed E-state index contributed by atoms with van der Waals surface area (Å²) in [5.41, 5.74) is 32.3. The minimum atomic E-state index is -1.84. The summed E-state index contributed by atoms with van der Waals surface area (Å²) < 4.78 is 1.23. The smallest absolute Gasteiger partial charge is 0.345 e. The fraction of sp³-hybridized carbons (Fsp3) is 0.480. The summed E-state index contributed by atoms with van der Waals surface area (Å²) in [5.74, 6) is -10.4. The molecule has 12 atom stereocenters. The van der Waals surface area contributed by atoms with Crippen molar-refractivity contribution in [3.63, 3.8) is 0 Å². The Bertz CT molecular complexity index is 4120. The first-order chi connectivity index (χ1) is 53.9. The number of carbonyl (C=O) groups excluding carboxylic acids is 13. The Morgan fingerprint density at radius 3 is 1.75 bits per heavy atom. The number of nitrogens with zero attached hydrogens (tertiary/aromatic N) is 5. The minimum absolute atomic E-state index is 0.0191. The van der Waals surface area contributed by atoms with Crippen LogP contribution in [0.25, 0.3) is 23.1 Å². The molecule has 1 saturated heterocycles. The lowest BCUT2D eigenvalue weighted by molar-refractivity contribution is -0.136. The number of benzene rings is 3. The normalized spacial score (nSPS) is 19.8. The number of pyridine rings is 1. The van der Waals surface area contributed by atoms with Crippen molar-refractivity contribution in [2.24, 2.45) is 34.6 Å². The molecule has 0 saturated carbocycles. The third-order valence-electron chi connectivity index (χ3n) is 18.2. The Morgan fingerprint density at radius 2 is 1.17 bits per heavy atom. The third kappa shape index (κ3) is 27.4. The number of hydrogen-bond acceptors (Lipinski definition) is 23. The number of rotatable bonds is 31. The number of aliphatic hydroxyl groups excluding tert-OH is 2. The predicted octanol–water partition coefficient (Wildman–Crippen LogP) is -3.30. The Hall–Kier alpha value is -11.0. The van der Waals surface area contributed by atoms with Crippen LogP contribution in [0.3, 0.4) is 0 Å². The van der Waals surface area contributed by atoms with E-state index < -0.39 is 157 Å². The molecule has 1 aliphatic heterocycles. The van der Waals surface area contributed by atoms with Crippen LogP contribution in [0, 0.1) is 5.92 Å². The van der Waals surface area contributed by atoms with Gasteiger partial charge in [0.2, 0.25) is 59.1 Å². The minimum Gasteiger partial charge on any atom is -0.391 e. The van der Waals surface area contributed by atoms with Crippen LogP contribution >= 0.6 is 11.8 Å². The number of hydrogen-bond donors (Lipinski definition) is 19. The zero-order valence-corrected chi connectivity index (χ0v) is 65.3. The molecular weight excluding hydrogens is 1480 g/mol. The molecule has 0 unspecified atom stereocenters. The molecule has 5 aromatic rings. The van der Waals surface area contributed by atoms with Crippen molar-refractivity contribution in [3.05, 3.63) is 120 Å². The molecule has 0 aliphatic carbocycles. The van der Waals surface area contributed by atoms with Gasteiger partial charge in [-0.25, -0.2) is 9.59 Å². The highest BCUT2D eigenvalue weighted by Crippen LogP contribution is 2.34. The molecule has 14 amide bonds. The SMILES string of the molecule is CNC(=O)c1ccccc1Sc1ccc2c(/C=C/c3ccccn3)nn(C(=O)N(C)CCN(C)C(=O)N[C@@H](CCN)C(=O)N[C@H](C(=O)N[C@H](CCN)C(=O)N[C@H]3CCNC(=O)[C@@H]([C@@H](C)O)NC(=O)[C@@H](CCN)NC(=O)[C@@H](CCN)NC(=O)[C@@H](CC(C)C)NC(=O)[C@@H](Cc4ccccc4)NC(=O)[C@@H](CCN)NC3=O)[C@@H](C)O)c2c1. The summed E-state index contributed by atoms with van der Waals surface area (Å²) in [4.78, 5) is 193. The fourth-order valence-electron chi connectivity index (χ4n) is 11.9. The van der Waals surface area contributed by atoms with Crippen molar-refractivity contribution >= 4 is 112 Å². The molecule has 3 heterocycles. The van der Waals surface area contributed by atoms with Gasteiger partial charge in [-0.2, -0.15) is 9.78 Å². The highest BCUT2D eigenvalue weighted by atomic mass is 32.2. The number of nitrogens with one attached hydrogen (secondary N) is 12. The maximum atomic E-state index is 14.8. The van der Waals surface area contributed by atoms with Crippen molar-refractivity contribution in [1.29, 1.82) is 0 Å². The second-order valence-electron chi connectivity index (χ2n) is 27.5. The van der Waals surface area contributed by atoms with Gasteiger partial charge in [0.05, 0.1) is 34.7 Å². The zero-order chi connectivity index (χ0) is 83.0. The number of nitrogens with two attached hydrogens (primary N) is 5. The van der Waals surface area contributed by atoms with E-state index >= 15 is 0 Å². The first-order valence-corrected chi connectivity index (χ1v) is 38.1. The van der Waals surface area contributed by atoms with Crippen molar-refractivity contribution in [2.45, 2.75) is 161 Å². The zero-order valence-electron chi connectivity index (χ0n) is 64.4. The van der Waals surface area contributed by atoms with Gasteiger partial charge >= 0.3 is 12.1 Å². The lowest BCUT2D eigenvalue weighted by Gasteiger charge is -2.29. The van der Waals surface area contributed by atoms with E-state index in [2.05, 4.69) is 68.8 Å². The molecule has 24 N–H and O–H groups in total. The molecule has 6 rings (SSSR count). The highest BCUT2D eigenvalue weighted by Gasteiger charge is 2.38. The van der Waals surface area contributed by atoms with Gasteiger partial charge in [-0.3, -0.25) is 57.7 Å². The van der Waals surface area contributed by atoms with Crippen molar-refractivity contribution in [3.8, 4) is 0 Å². The Morgan fingerprint density at radius 1 is 0.611 bits per heavy atom. The van der Waals surface area contributed by atoms with Crippen LogP contribution < -0.4 is 92.5 Å². The van der Waals surface area contributed by atoms with Crippen LogP contribution in [0.1, 0.15) is 99.9 Å². The topological polar surface area (TPSA) is 574 Å². The monoisotopic (exact) mass is 1590 g/mol. The van der Waals surface area contributed by atoms with E-state index in [0.717, 1.165) is 6.92 Å². The third-order valence-corrected chi connectivity index (χ3v) is 19.2. The van der Waals surface area contributed by atoms with Gasteiger partial charge in [0.25, 0.3) is 5.91 Å². The molecule has 1 fully saturated rings. The van der Waals surface area contributed by atoms with E-state index in [4.69, 9.17) is 33.8 Å². The van der Waals surface area contributed by atoms with Gasteiger partial charge in [-0.1, -0.05) is 74.1 Å². The van der Waals surface area contributed by atoms with E-state index in [0.29, 0.717) is 43.2 Å². The Balaban J connectivity index is 1.21. The number of aromatic nitrogens is 3. The summed E-state index contributed by atoms with van der Waals surface area (Å²) in [6, 6.07) is 9.44. The first-order valence-electron chi connectivity index (χ1n) is 37.3. The highest BCUT2D eigenvalue weighted by molar-refractivity contribution is 7.99. The summed E-state index contributed by atoms with van der Waals surface area (Å²) in [5, 5.41) is 58.0. The second-order valence-corrected chi connectivity index (χ2v) is 28.7. The standard InChI is InChI=1S/C75H108N22O15S/c1-42(2)39-57-70(107)86-51(24-30-76)64(101)85-54(27-33-79)68(105)92-61(43(3)98)72(109)83-36-29-56(67(104)84-52(25-31-77)66(103)90-58(71(108)89-57)40-45-15-9-8-10-16-45)87-65(102)53(26-32-78)88-73(110)62(44(4)99)93-69(106)55(28-34-80)91-74(111)95(6)37-38-96(7)75(112)97-59-41-47(113-60-19-12-11-18-49(60)63(100)81-5)21-22-48(59)50(94-97)23-20-46-17-13-14-35-82-46/h8-23,35,41-44,51-58,61-62,98-99H,24-34,36-40,76-80H2,1-7H3,(H,81,100)(H,83,109)(H,84,104)(H,85,101)(H,86,107)(H,87,102)(H,88,110)(H,89,108)(H,90,103)(H,91,111)(H,92,105)(H,93,106)/b23-20+/t43-,44-,51-,52-,53-,54-,55+,56+,57-,58-,61-,62+/m1/s1. The largest absolute Gasteiger partial charge is 0.391 e. The van der Waals surface area contributed by atoms with Gasteiger partial charge in [0.15, 0.2) is 0 Å². The summed E-state index contributed by atoms with van der Waals surface area (Å²) in [6.07, 6.45) is -0.0000224. The van der Waals surface area contributed by atoms with Crippen molar-refractivity contribution in [1.82, 2.24) is 88.4 Å². The average Bonchev–Trinajstić information content (AvgIpc) is 1.63. The number of amides is 14. The van der Waals surface area contributed by atoms with E-state index in [-0.39, 0.29) is 103 Å². The van der Waals surface area contributed by atoms with Crippen LogP contribution in [0.15, 0.2) is 107 Å². The lowest BCUT2D eigenvalue weighted by atomic mass is 10.00. The van der Waals surface area contributed by atoms with E-state index in [1.54, 1.807) is 98.9 Å². The molecular formula is C75H108N22O15S. The molecule has 0 bridgehead atoms. The van der Waals surface area contributed by atoms with Crippen LogP contribution in [0.4, 0.5) is 9.59 Å². The first kappa shape index (κ1) is 90.9. The van der Waals surface area contributed by atoms with Crippen LogP contribution in [0.5, 0.6) is 0 Å². The van der Waals surface area contributed by atoms with E-state index in [1.807, 2.05) is 24.3 Å². The average molecular weight is 1590 g/mol. The number of likely N-dealkylation sites (N-methyl/N-ethyl adjacent to an activating group) is 2. The molecule has 0 spiro atoms. The molecule has 1 aliphatic rings. The number of fused-ring (bicyclic) bond motifs is 1. The molecule has 2 aromatic heterocycles. The maximum absolute atomic E-state index is 14.8. The van der Waals surface area contributed by atoms with E-state index in [1.165, 1.54) is 54.3 Å². The van der Waals surface area contributed by atoms with Crippen LogP contribution in [-0.2, 0) is 54.4 Å². The van der Waals surface area contributed by atoms with Gasteiger partial charge < -0.3 is 112 Å². The summed E-state index contributed by atoms with van der Waals surface area (Å²) in [7, 11) is 4.45. The number of aliphatic hydroxyl groups is 2. The van der Waals surface area contributed by atoms with Gasteiger partial charge in [-0.05, 0) is 158 Å². The lowest BCUT2D eigenvalue weighted by Crippen LogP contribution is -2.62. The predicted molar refractivity (Wildman–Crippen MR) is 422 cm³/mol.